The van der Waals surface area contributed by atoms with Crippen molar-refractivity contribution < 1.29 is 33.4 Å². The Labute approximate surface area is 91.3 Å². The van der Waals surface area contributed by atoms with Crippen molar-refractivity contribution >= 4 is 0 Å². The van der Waals surface area contributed by atoms with Crippen LogP contribution in [-0.4, -0.2) is 5.79 Å². The van der Waals surface area contributed by atoms with Crippen LogP contribution in [0.4, 0.5) is 0 Å². The zero-order valence-corrected chi connectivity index (χ0v) is 9.22. The van der Waals surface area contributed by atoms with E-state index in [9.17, 15) is 5.11 Å². The molecule has 4 heteroatoms. The molecule has 3 nitrogen and oxygen atoms in total. The van der Waals surface area contributed by atoms with E-state index in [4.69, 9.17) is 9.47 Å². The first-order chi connectivity index (χ1) is 5.26. The fourth-order valence-corrected chi connectivity index (χ4v) is 0.910. The van der Waals surface area contributed by atoms with Gasteiger partial charge in [-0.15, -0.1) is 0 Å². The third-order valence-corrected chi connectivity index (χ3v) is 2.29. The summed E-state index contributed by atoms with van der Waals surface area (Å²) >= 11 is 0. The van der Waals surface area contributed by atoms with Gasteiger partial charge in [0.1, 0.15) is 5.76 Å². The fraction of sp³-hybridized carbons (Fsp3) is 0.778. The molecule has 0 amide bonds. The summed E-state index contributed by atoms with van der Waals surface area (Å²) in [6, 6.07) is 0. The molecule has 13 heavy (non-hydrogen) atoms. The molecule has 0 saturated heterocycles. The standard InChI is InChI=1S/C9H16O3.Li/c1-6-7(10)12-9(5,11-6)8(2,3)4;/h10H,1-5H3;/q;+1/p-1/t9-;/m0./s1. The van der Waals surface area contributed by atoms with Crippen LogP contribution in [0.15, 0.2) is 11.7 Å². The zero-order valence-electron chi connectivity index (χ0n) is 9.22. The Hall–Kier alpha value is -0.263. The monoisotopic (exact) mass is 178 g/mol. The molecule has 0 radical (unpaired) electrons. The molecule has 0 spiro atoms. The van der Waals surface area contributed by atoms with E-state index in [1.165, 1.54) is 0 Å². The molecule has 0 N–H and O–H groups in total. The molecule has 1 atom stereocenters. The molecule has 0 saturated carbocycles. The van der Waals surface area contributed by atoms with Gasteiger partial charge in [-0.05, 0) is 13.8 Å². The largest absolute Gasteiger partial charge is 1.00 e. The van der Waals surface area contributed by atoms with E-state index in [1.54, 1.807) is 13.8 Å². The molecule has 1 aliphatic rings. The van der Waals surface area contributed by atoms with Crippen LogP contribution in [0.1, 0.15) is 34.6 Å². The summed E-state index contributed by atoms with van der Waals surface area (Å²) in [7, 11) is 0. The van der Waals surface area contributed by atoms with Gasteiger partial charge in [-0.1, -0.05) is 20.8 Å². The molecule has 1 heterocycles. The van der Waals surface area contributed by atoms with E-state index in [2.05, 4.69) is 0 Å². The van der Waals surface area contributed by atoms with Crippen molar-refractivity contribution in [2.45, 2.75) is 40.4 Å². The first-order valence-corrected chi connectivity index (χ1v) is 4.02. The minimum Gasteiger partial charge on any atom is -0.572 e. The number of allylic oxidation sites excluding steroid dienone is 1. The van der Waals surface area contributed by atoms with E-state index in [0.29, 0.717) is 5.76 Å². The van der Waals surface area contributed by atoms with Crippen molar-refractivity contribution in [1.29, 1.82) is 0 Å². The van der Waals surface area contributed by atoms with Crippen LogP contribution in [0.5, 0.6) is 0 Å². The second-order valence-corrected chi connectivity index (χ2v) is 4.24. The van der Waals surface area contributed by atoms with E-state index in [-0.39, 0.29) is 30.2 Å². The molecule has 0 bridgehead atoms. The van der Waals surface area contributed by atoms with Crippen molar-refractivity contribution in [2.24, 2.45) is 5.41 Å². The van der Waals surface area contributed by atoms with Gasteiger partial charge in [0.05, 0.1) is 5.95 Å². The van der Waals surface area contributed by atoms with Crippen molar-refractivity contribution in [2.75, 3.05) is 0 Å². The molecule has 0 aliphatic carbocycles. The van der Waals surface area contributed by atoms with Crippen LogP contribution in [0.3, 0.4) is 0 Å². The van der Waals surface area contributed by atoms with Gasteiger partial charge >= 0.3 is 18.9 Å². The Kier molecular flexibility index (Phi) is 3.40. The van der Waals surface area contributed by atoms with Gasteiger partial charge < -0.3 is 14.6 Å². The van der Waals surface area contributed by atoms with Gasteiger partial charge in [0.15, 0.2) is 5.79 Å². The minimum absolute atomic E-state index is 0. The molecule has 1 rings (SSSR count). The first-order valence-electron chi connectivity index (χ1n) is 4.02. The zero-order chi connectivity index (χ0) is 9.57. The summed E-state index contributed by atoms with van der Waals surface area (Å²) in [5, 5.41) is 11.1. The summed E-state index contributed by atoms with van der Waals surface area (Å²) in [5.41, 5.74) is -0.208. The average molecular weight is 178 g/mol. The van der Waals surface area contributed by atoms with Gasteiger partial charge in [0.2, 0.25) is 0 Å². The maximum absolute atomic E-state index is 11.1. The normalized spacial score (nSPS) is 27.8. The van der Waals surface area contributed by atoms with E-state index in [0.717, 1.165) is 0 Å². The van der Waals surface area contributed by atoms with Crippen LogP contribution >= 0.6 is 0 Å². The Morgan fingerprint density at radius 2 is 1.69 bits per heavy atom. The average Bonchev–Trinajstić information content (AvgIpc) is 2.06. The Bertz CT molecular complexity index is 214. The summed E-state index contributed by atoms with van der Waals surface area (Å²) in [6.45, 7) is 9.32. The second kappa shape index (κ2) is 3.47. The van der Waals surface area contributed by atoms with Crippen molar-refractivity contribution in [1.82, 2.24) is 0 Å². The van der Waals surface area contributed by atoms with Crippen LogP contribution in [0.25, 0.3) is 0 Å². The van der Waals surface area contributed by atoms with E-state index in [1.807, 2.05) is 20.8 Å². The molecule has 1 aliphatic heterocycles. The summed E-state index contributed by atoms with van der Waals surface area (Å²) in [4.78, 5) is 0. The van der Waals surface area contributed by atoms with E-state index < -0.39 is 5.79 Å². The molecule has 0 unspecified atom stereocenters. The van der Waals surface area contributed by atoms with Gasteiger partial charge in [0.25, 0.3) is 0 Å². The van der Waals surface area contributed by atoms with Crippen molar-refractivity contribution in [3.05, 3.63) is 11.7 Å². The third-order valence-electron chi connectivity index (χ3n) is 2.29. The maximum atomic E-state index is 11.1. The molecule has 0 fully saturated rings. The van der Waals surface area contributed by atoms with Gasteiger partial charge in [0, 0.05) is 5.41 Å². The van der Waals surface area contributed by atoms with Gasteiger partial charge in [-0.3, -0.25) is 0 Å². The Balaban J connectivity index is 0.00000144. The number of rotatable bonds is 0. The third kappa shape index (κ3) is 2.15. The Morgan fingerprint density at radius 3 is 1.85 bits per heavy atom. The predicted octanol–water partition coefficient (Wildman–Crippen LogP) is -1.65. The summed E-state index contributed by atoms with van der Waals surface area (Å²) in [5.74, 6) is -0.825. The minimum atomic E-state index is -0.811. The van der Waals surface area contributed by atoms with Crippen LogP contribution in [0.2, 0.25) is 0 Å². The predicted molar refractivity (Wildman–Crippen MR) is 42.7 cm³/mol. The maximum Gasteiger partial charge on any atom is 1.00 e. The summed E-state index contributed by atoms with van der Waals surface area (Å²) < 4.78 is 10.5. The van der Waals surface area contributed by atoms with Crippen LogP contribution in [-0.2, 0) is 9.47 Å². The fourth-order valence-electron chi connectivity index (χ4n) is 0.910. The quantitative estimate of drug-likeness (QED) is 0.417. The molecular formula is C9H15LiO3. The molecule has 0 aromatic carbocycles. The van der Waals surface area contributed by atoms with Crippen LogP contribution in [0, 0.1) is 5.41 Å². The SMILES string of the molecule is CC1=C([O-])O[C@@](C)(C(C)(C)C)O1.[Li+]. The second-order valence-electron chi connectivity index (χ2n) is 4.24. The molecular weight excluding hydrogens is 163 g/mol. The molecule has 0 aromatic heterocycles. The first kappa shape index (κ1) is 12.7. The Morgan fingerprint density at radius 1 is 1.23 bits per heavy atom. The van der Waals surface area contributed by atoms with Crippen molar-refractivity contribution in [3.8, 4) is 0 Å². The smallest absolute Gasteiger partial charge is 0.572 e. The molecule has 70 valence electrons. The molecule has 0 aromatic rings. The number of hydrogen-bond donors (Lipinski definition) is 0. The number of hydrogen-bond acceptors (Lipinski definition) is 3. The number of ether oxygens (including phenoxy) is 2. The summed E-state index contributed by atoms with van der Waals surface area (Å²) in [6.07, 6.45) is 0. The van der Waals surface area contributed by atoms with Gasteiger partial charge in [-0.2, -0.15) is 0 Å². The van der Waals surface area contributed by atoms with Crippen molar-refractivity contribution in [3.63, 3.8) is 0 Å². The van der Waals surface area contributed by atoms with E-state index >= 15 is 0 Å². The topological polar surface area (TPSA) is 41.5 Å². The van der Waals surface area contributed by atoms with Gasteiger partial charge in [-0.25, -0.2) is 0 Å². The van der Waals surface area contributed by atoms with Crippen LogP contribution < -0.4 is 24.0 Å².